The lowest BCUT2D eigenvalue weighted by molar-refractivity contribution is 0.528. The summed E-state index contributed by atoms with van der Waals surface area (Å²) in [6.45, 7) is 9.46. The molecular weight excluding hydrogens is 617 g/mol. The quantitative estimate of drug-likeness (QED) is 0.161. The van der Waals surface area contributed by atoms with Gasteiger partial charge in [0.05, 0.1) is 22.1 Å². The highest BCUT2D eigenvalue weighted by molar-refractivity contribution is 6.13. The summed E-state index contributed by atoms with van der Waals surface area (Å²) in [7, 11) is 0. The molecule has 0 saturated heterocycles. The van der Waals surface area contributed by atoms with Crippen LogP contribution in [0.5, 0.6) is 0 Å². The van der Waals surface area contributed by atoms with Gasteiger partial charge in [-0.05, 0) is 94.1 Å². The monoisotopic (exact) mass is 658 g/mol. The first-order valence-electron chi connectivity index (χ1n) is 18.2. The molecule has 2 nitrogen and oxygen atoms in total. The van der Waals surface area contributed by atoms with Gasteiger partial charge in [-0.3, -0.25) is 0 Å². The summed E-state index contributed by atoms with van der Waals surface area (Å²) >= 11 is 0. The van der Waals surface area contributed by atoms with Gasteiger partial charge in [-0.25, -0.2) is 0 Å². The van der Waals surface area contributed by atoms with E-state index in [0.29, 0.717) is 5.92 Å². The highest BCUT2D eigenvalue weighted by atomic mass is 15.0. The average Bonchev–Trinajstić information content (AvgIpc) is 3.68. The number of rotatable bonds is 7. The fourth-order valence-electron chi connectivity index (χ4n) is 8.69. The van der Waals surface area contributed by atoms with Crippen LogP contribution >= 0.6 is 0 Å². The number of hydrogen-bond acceptors (Lipinski definition) is 0. The molecule has 2 heterocycles. The Hall–Kier alpha value is -5.86. The summed E-state index contributed by atoms with van der Waals surface area (Å²) in [4.78, 5) is 0. The molecule has 0 saturated carbocycles. The second kappa shape index (κ2) is 12.2. The minimum atomic E-state index is -0.208. The van der Waals surface area contributed by atoms with Gasteiger partial charge in [0, 0.05) is 32.9 Å². The van der Waals surface area contributed by atoms with E-state index in [2.05, 4.69) is 201 Å². The van der Waals surface area contributed by atoms with Crippen molar-refractivity contribution in [2.45, 2.75) is 45.4 Å². The van der Waals surface area contributed by atoms with E-state index in [1.165, 1.54) is 82.8 Å². The van der Waals surface area contributed by atoms with Crippen LogP contribution in [0.1, 0.15) is 50.3 Å². The third-order valence-electron chi connectivity index (χ3n) is 10.8. The van der Waals surface area contributed by atoms with Crippen molar-refractivity contribution in [2.75, 3.05) is 0 Å². The van der Waals surface area contributed by atoms with Crippen molar-refractivity contribution < 1.29 is 0 Å². The van der Waals surface area contributed by atoms with Crippen LogP contribution in [0.3, 0.4) is 0 Å². The molecule has 9 aromatic rings. The summed E-state index contributed by atoms with van der Waals surface area (Å²) in [6, 6.07) is 60.3. The van der Waals surface area contributed by atoms with Gasteiger partial charge < -0.3 is 9.13 Å². The SMILES string of the molecule is CC(C)c1cccc2c1c1ccccc1n2-c1cccc(CC(C)(C)c2c(-c3ccccc3)ccc3c2c2ccccc2n3-c2ccccc2)c1. The average molecular weight is 659 g/mol. The van der Waals surface area contributed by atoms with Crippen molar-refractivity contribution in [3.63, 3.8) is 0 Å². The van der Waals surface area contributed by atoms with E-state index in [1.54, 1.807) is 0 Å². The number of fused-ring (bicyclic) bond motifs is 6. The van der Waals surface area contributed by atoms with Gasteiger partial charge in [-0.2, -0.15) is 0 Å². The summed E-state index contributed by atoms with van der Waals surface area (Å²) in [5.41, 5.74) is 13.8. The zero-order valence-electron chi connectivity index (χ0n) is 29.8. The van der Waals surface area contributed by atoms with Crippen LogP contribution in [0.25, 0.3) is 66.1 Å². The molecule has 9 rings (SSSR count). The Kier molecular flexibility index (Phi) is 7.44. The van der Waals surface area contributed by atoms with E-state index >= 15 is 0 Å². The first-order valence-corrected chi connectivity index (χ1v) is 18.2. The van der Waals surface area contributed by atoms with E-state index in [1.807, 2.05) is 0 Å². The lowest BCUT2D eigenvalue weighted by Crippen LogP contribution is -2.22. The fourth-order valence-corrected chi connectivity index (χ4v) is 8.69. The first kappa shape index (κ1) is 31.1. The highest BCUT2D eigenvalue weighted by Gasteiger charge is 2.30. The standard InChI is InChI=1S/C49H42N2/c1-33(2)38-25-16-28-44-46(38)40-23-11-13-26-42(40)51(44)37-22-15-17-34(31-37)32-49(3,4)48-39(35-18-7-5-8-19-35)29-30-45-47(48)41-24-12-14-27-43(41)50(45)36-20-9-6-10-21-36/h5-31,33H,32H2,1-4H3. The van der Waals surface area contributed by atoms with Crippen LogP contribution in [-0.4, -0.2) is 9.13 Å². The molecule has 0 radical (unpaired) electrons. The van der Waals surface area contributed by atoms with Crippen LogP contribution in [0.2, 0.25) is 0 Å². The normalized spacial score (nSPS) is 12.2. The van der Waals surface area contributed by atoms with Crippen molar-refractivity contribution in [3.05, 3.63) is 180 Å². The molecule has 7 aromatic carbocycles. The van der Waals surface area contributed by atoms with Crippen LogP contribution < -0.4 is 0 Å². The smallest absolute Gasteiger partial charge is 0.0544 e. The lowest BCUT2D eigenvalue weighted by Gasteiger charge is -2.30. The van der Waals surface area contributed by atoms with E-state index in [9.17, 15) is 0 Å². The van der Waals surface area contributed by atoms with Gasteiger partial charge >= 0.3 is 0 Å². The zero-order chi connectivity index (χ0) is 34.7. The van der Waals surface area contributed by atoms with Crippen LogP contribution in [0, 0.1) is 0 Å². The Morgan fingerprint density at radius 3 is 1.75 bits per heavy atom. The maximum absolute atomic E-state index is 2.47. The van der Waals surface area contributed by atoms with Gasteiger partial charge in [0.1, 0.15) is 0 Å². The minimum Gasteiger partial charge on any atom is -0.309 e. The number of benzene rings is 7. The van der Waals surface area contributed by atoms with Gasteiger partial charge in [0.25, 0.3) is 0 Å². The first-order chi connectivity index (χ1) is 24.9. The molecule has 0 aliphatic carbocycles. The molecule has 0 amide bonds. The fraction of sp³-hybridized carbons (Fsp3) is 0.143. The van der Waals surface area contributed by atoms with Crippen molar-refractivity contribution in [1.82, 2.24) is 9.13 Å². The molecule has 0 aliphatic heterocycles. The molecule has 0 spiro atoms. The maximum atomic E-state index is 2.47. The lowest BCUT2D eigenvalue weighted by atomic mass is 9.74. The second-order valence-corrected chi connectivity index (χ2v) is 14.9. The van der Waals surface area contributed by atoms with E-state index < -0.39 is 0 Å². The third-order valence-corrected chi connectivity index (χ3v) is 10.8. The number of nitrogens with zero attached hydrogens (tertiary/aromatic N) is 2. The number of aromatic nitrogens is 2. The summed E-state index contributed by atoms with van der Waals surface area (Å²) in [5.74, 6) is 0.439. The molecule has 248 valence electrons. The molecule has 0 fully saturated rings. The molecule has 0 unspecified atom stereocenters. The third kappa shape index (κ3) is 5.09. The Morgan fingerprint density at radius 1 is 0.490 bits per heavy atom. The Bertz CT molecular complexity index is 2710. The van der Waals surface area contributed by atoms with Crippen molar-refractivity contribution in [2.24, 2.45) is 0 Å². The number of para-hydroxylation sites is 3. The van der Waals surface area contributed by atoms with Gasteiger partial charge in [-0.15, -0.1) is 0 Å². The summed E-state index contributed by atoms with van der Waals surface area (Å²) in [5, 5.41) is 5.30. The largest absolute Gasteiger partial charge is 0.309 e. The molecule has 2 heteroatoms. The summed E-state index contributed by atoms with van der Waals surface area (Å²) in [6.07, 6.45) is 0.888. The molecule has 2 aromatic heterocycles. The molecule has 0 bridgehead atoms. The van der Waals surface area contributed by atoms with Crippen LogP contribution in [-0.2, 0) is 11.8 Å². The van der Waals surface area contributed by atoms with E-state index in [0.717, 1.165) is 6.42 Å². The topological polar surface area (TPSA) is 9.86 Å². The van der Waals surface area contributed by atoms with Crippen molar-refractivity contribution in [1.29, 1.82) is 0 Å². The van der Waals surface area contributed by atoms with Crippen molar-refractivity contribution >= 4 is 43.6 Å². The zero-order valence-corrected chi connectivity index (χ0v) is 29.8. The molecule has 51 heavy (non-hydrogen) atoms. The summed E-state index contributed by atoms with van der Waals surface area (Å²) < 4.78 is 4.91. The number of hydrogen-bond donors (Lipinski definition) is 0. The van der Waals surface area contributed by atoms with Gasteiger partial charge in [0.15, 0.2) is 0 Å². The Labute approximate surface area is 300 Å². The van der Waals surface area contributed by atoms with E-state index in [4.69, 9.17) is 0 Å². The van der Waals surface area contributed by atoms with Crippen molar-refractivity contribution in [3.8, 4) is 22.5 Å². The Balaban J connectivity index is 1.25. The highest BCUT2D eigenvalue weighted by Crippen LogP contribution is 2.45. The molecular formula is C49H42N2. The predicted octanol–water partition coefficient (Wildman–Crippen LogP) is 13.2. The maximum Gasteiger partial charge on any atom is 0.0544 e. The van der Waals surface area contributed by atoms with Crippen LogP contribution in [0.4, 0.5) is 0 Å². The minimum absolute atomic E-state index is 0.208. The second-order valence-electron chi connectivity index (χ2n) is 14.9. The predicted molar refractivity (Wildman–Crippen MR) is 218 cm³/mol. The molecule has 0 N–H and O–H groups in total. The molecule has 0 atom stereocenters. The molecule has 0 aliphatic rings. The van der Waals surface area contributed by atoms with Crippen LogP contribution in [0.15, 0.2) is 164 Å². The van der Waals surface area contributed by atoms with Gasteiger partial charge in [-0.1, -0.05) is 143 Å². The Morgan fingerprint density at radius 2 is 1.04 bits per heavy atom. The van der Waals surface area contributed by atoms with E-state index in [-0.39, 0.29) is 5.41 Å². The van der Waals surface area contributed by atoms with Gasteiger partial charge in [0.2, 0.25) is 0 Å².